The van der Waals surface area contributed by atoms with Crippen LogP contribution >= 0.6 is 0 Å². The first-order valence-corrected chi connectivity index (χ1v) is 13.8. The van der Waals surface area contributed by atoms with E-state index in [-0.39, 0.29) is 12.1 Å². The number of hydrogen-bond acceptors (Lipinski definition) is 2. The number of rotatable bonds is 6. The van der Waals surface area contributed by atoms with Gasteiger partial charge in [-0.3, -0.25) is 4.79 Å². The lowest BCUT2D eigenvalue weighted by Gasteiger charge is -2.58. The van der Waals surface area contributed by atoms with E-state index in [4.69, 9.17) is 4.74 Å². The van der Waals surface area contributed by atoms with Gasteiger partial charge in [0.2, 0.25) is 0 Å². The van der Waals surface area contributed by atoms with E-state index in [1.807, 2.05) is 5.57 Å². The summed E-state index contributed by atoms with van der Waals surface area (Å²) < 4.78 is 5.64. The number of fused-ring (bicyclic) bond motifs is 5. The molecule has 33 heavy (non-hydrogen) atoms. The molecule has 2 nitrogen and oxygen atoms in total. The van der Waals surface area contributed by atoms with Gasteiger partial charge in [-0.1, -0.05) is 63.6 Å². The molecule has 0 aliphatic heterocycles. The number of esters is 1. The monoisotopic (exact) mass is 452 g/mol. The topological polar surface area (TPSA) is 26.3 Å². The summed E-state index contributed by atoms with van der Waals surface area (Å²) in [5, 5.41) is 0. The van der Waals surface area contributed by atoms with Crippen LogP contribution in [0.25, 0.3) is 0 Å². The summed E-state index contributed by atoms with van der Waals surface area (Å²) >= 11 is 0. The molecule has 0 N–H and O–H groups in total. The third-order valence-electron chi connectivity index (χ3n) is 10.8. The van der Waals surface area contributed by atoms with Crippen LogP contribution in [0.1, 0.15) is 99.3 Å². The maximum atomic E-state index is 11.5. The van der Waals surface area contributed by atoms with E-state index in [0.29, 0.717) is 28.6 Å². The maximum Gasteiger partial charge on any atom is 0.302 e. The zero-order valence-corrected chi connectivity index (χ0v) is 22.2. The highest BCUT2D eigenvalue weighted by molar-refractivity contribution is 5.66. The minimum atomic E-state index is -0.113. The summed E-state index contributed by atoms with van der Waals surface area (Å²) in [5.41, 5.74) is 3.94. The van der Waals surface area contributed by atoms with Crippen LogP contribution in [0.5, 0.6) is 0 Å². The second kappa shape index (κ2) is 9.38. The Hall–Kier alpha value is -1.31. The molecule has 0 aromatic rings. The highest BCUT2D eigenvalue weighted by Gasteiger charge is 2.58. The van der Waals surface area contributed by atoms with Crippen LogP contribution in [-0.4, -0.2) is 12.1 Å². The Kier molecular flexibility index (Phi) is 7.05. The van der Waals surface area contributed by atoms with Gasteiger partial charge in [0.05, 0.1) is 0 Å². The first-order chi connectivity index (χ1) is 15.6. The Labute approximate surface area is 203 Å². The van der Waals surface area contributed by atoms with E-state index in [0.717, 1.165) is 37.0 Å². The molecule has 0 heterocycles. The molecule has 4 rings (SSSR count). The molecule has 0 radical (unpaired) electrons. The lowest BCUT2D eigenvalue weighted by atomic mass is 9.47. The van der Waals surface area contributed by atoms with Crippen LogP contribution in [0.15, 0.2) is 36.0 Å². The van der Waals surface area contributed by atoms with Crippen molar-refractivity contribution in [2.45, 2.75) is 105 Å². The third-order valence-corrected chi connectivity index (χ3v) is 10.8. The third kappa shape index (κ3) is 4.41. The fourth-order valence-corrected chi connectivity index (χ4v) is 8.81. The summed E-state index contributed by atoms with van der Waals surface area (Å²) in [6, 6.07) is 0. The van der Waals surface area contributed by atoms with Gasteiger partial charge in [0.1, 0.15) is 6.10 Å². The smallest absolute Gasteiger partial charge is 0.302 e. The number of carbonyl (C=O) groups excluding carboxylic acids is 1. The molecule has 2 heteroatoms. The minimum Gasteiger partial charge on any atom is -0.463 e. The van der Waals surface area contributed by atoms with E-state index in [1.54, 1.807) is 6.92 Å². The van der Waals surface area contributed by atoms with Crippen LogP contribution < -0.4 is 0 Å². The van der Waals surface area contributed by atoms with Gasteiger partial charge in [-0.15, -0.1) is 0 Å². The second-order valence-electron chi connectivity index (χ2n) is 12.6. The Balaban J connectivity index is 1.51. The Morgan fingerprint density at radius 3 is 2.48 bits per heavy atom. The molecule has 0 aromatic carbocycles. The fourth-order valence-electron chi connectivity index (χ4n) is 8.81. The van der Waals surface area contributed by atoms with E-state index in [9.17, 15) is 4.79 Å². The van der Waals surface area contributed by atoms with Crippen molar-refractivity contribution in [2.24, 2.45) is 46.3 Å². The van der Waals surface area contributed by atoms with Crippen LogP contribution in [-0.2, 0) is 9.53 Å². The Morgan fingerprint density at radius 2 is 1.82 bits per heavy atom. The molecule has 3 saturated carbocycles. The molecule has 0 spiro atoms. The predicted molar refractivity (Wildman–Crippen MR) is 138 cm³/mol. The first kappa shape index (κ1) is 24.8. The lowest BCUT2D eigenvalue weighted by Crippen LogP contribution is -2.50. The van der Waals surface area contributed by atoms with Gasteiger partial charge < -0.3 is 4.74 Å². The molecule has 4 aliphatic rings. The number of carbonyl (C=O) groups is 1. The van der Waals surface area contributed by atoms with Crippen molar-refractivity contribution in [3.63, 3.8) is 0 Å². The molecule has 0 amide bonds. The molecule has 0 unspecified atom stereocenters. The van der Waals surface area contributed by atoms with Crippen LogP contribution in [0, 0.1) is 46.3 Å². The quantitative estimate of drug-likeness (QED) is 0.299. The SMILES string of the molecule is C=C(C)[C@@H](C=C[C@@H](C)[C@H]1CC[C@H]2C3=CC[C@H]4C[C@H](OC(C)=O)CC[C@]4(C)[C@H]3CC[C@]12C)CC. The largest absolute Gasteiger partial charge is 0.463 e. The minimum absolute atomic E-state index is 0.113. The van der Waals surface area contributed by atoms with E-state index in [2.05, 4.69) is 59.4 Å². The Bertz CT molecular complexity index is 821. The van der Waals surface area contributed by atoms with E-state index in [1.165, 1.54) is 44.1 Å². The van der Waals surface area contributed by atoms with Gasteiger partial charge in [0.15, 0.2) is 0 Å². The molecular weight excluding hydrogens is 404 g/mol. The van der Waals surface area contributed by atoms with E-state index >= 15 is 0 Å². The number of hydrogen-bond donors (Lipinski definition) is 0. The normalized spacial score (nSPS) is 42.0. The van der Waals surface area contributed by atoms with Crippen molar-refractivity contribution < 1.29 is 9.53 Å². The Morgan fingerprint density at radius 1 is 1.12 bits per heavy atom. The van der Waals surface area contributed by atoms with Crippen molar-refractivity contribution in [2.75, 3.05) is 0 Å². The van der Waals surface area contributed by atoms with Gasteiger partial charge in [-0.05, 0) is 111 Å². The standard InChI is InChI=1S/C31H48O2/c1-8-23(20(2)3)10-9-21(4)27-13-14-28-26-12-11-24-19-25(33-22(5)32)15-17-30(24,6)29(26)16-18-31(27,28)7/h9-10,12,21,23-25,27-29H,2,8,11,13-19H2,1,3-7H3/t21-,23-,24+,25-,27-,28+,29+,30+,31-/m1/s1. The van der Waals surface area contributed by atoms with Gasteiger partial charge in [-0.25, -0.2) is 0 Å². The zero-order chi connectivity index (χ0) is 24.0. The van der Waals surface area contributed by atoms with Crippen molar-refractivity contribution >= 4 is 5.97 Å². The zero-order valence-electron chi connectivity index (χ0n) is 22.2. The van der Waals surface area contributed by atoms with Gasteiger partial charge >= 0.3 is 5.97 Å². The first-order valence-electron chi connectivity index (χ1n) is 13.8. The number of ether oxygens (including phenoxy) is 1. The summed E-state index contributed by atoms with van der Waals surface area (Å²) in [5.74, 6) is 4.01. The average Bonchev–Trinajstić information content (AvgIpc) is 3.11. The lowest BCUT2D eigenvalue weighted by molar-refractivity contribution is -0.152. The second-order valence-corrected chi connectivity index (χ2v) is 12.6. The van der Waals surface area contributed by atoms with Crippen LogP contribution in [0.4, 0.5) is 0 Å². The molecule has 184 valence electrons. The van der Waals surface area contributed by atoms with Crippen molar-refractivity contribution in [1.29, 1.82) is 0 Å². The average molecular weight is 453 g/mol. The van der Waals surface area contributed by atoms with Crippen molar-refractivity contribution in [3.05, 3.63) is 36.0 Å². The van der Waals surface area contributed by atoms with E-state index < -0.39 is 0 Å². The molecule has 3 fully saturated rings. The van der Waals surface area contributed by atoms with Crippen LogP contribution in [0.3, 0.4) is 0 Å². The highest BCUT2D eigenvalue weighted by atomic mass is 16.5. The fraction of sp³-hybridized carbons (Fsp3) is 0.774. The molecular formula is C31H48O2. The molecule has 0 saturated heterocycles. The molecule has 9 atom stereocenters. The summed E-state index contributed by atoms with van der Waals surface area (Å²) in [6.07, 6.45) is 18.9. The predicted octanol–water partition coefficient (Wildman–Crippen LogP) is 8.29. The molecule has 4 aliphatic carbocycles. The summed E-state index contributed by atoms with van der Waals surface area (Å²) in [6.45, 7) is 17.9. The van der Waals surface area contributed by atoms with Crippen molar-refractivity contribution in [3.8, 4) is 0 Å². The van der Waals surface area contributed by atoms with Gasteiger partial charge in [0.25, 0.3) is 0 Å². The molecule has 0 aromatic heterocycles. The maximum absolute atomic E-state index is 11.5. The summed E-state index contributed by atoms with van der Waals surface area (Å²) in [4.78, 5) is 11.5. The highest BCUT2D eigenvalue weighted by Crippen LogP contribution is 2.66. The van der Waals surface area contributed by atoms with Crippen molar-refractivity contribution in [1.82, 2.24) is 0 Å². The van der Waals surface area contributed by atoms with Gasteiger partial charge in [-0.2, -0.15) is 0 Å². The number of allylic oxidation sites excluding steroid dienone is 5. The van der Waals surface area contributed by atoms with Crippen LogP contribution in [0.2, 0.25) is 0 Å². The summed E-state index contributed by atoms with van der Waals surface area (Å²) in [7, 11) is 0. The van der Waals surface area contributed by atoms with Gasteiger partial charge in [0, 0.05) is 6.92 Å². The molecule has 0 bridgehead atoms.